The first-order valence-electron chi connectivity index (χ1n) is 16.8. The Hall–Kier alpha value is -3.71. The van der Waals surface area contributed by atoms with E-state index in [0.29, 0.717) is 60.9 Å². The van der Waals surface area contributed by atoms with Gasteiger partial charge in [0, 0.05) is 32.0 Å². The highest BCUT2D eigenvalue weighted by atomic mass is 32.2. The van der Waals surface area contributed by atoms with Gasteiger partial charge in [0.05, 0.1) is 36.5 Å². The fraction of sp³-hybridized carbons (Fsp3) is 0.500. The maximum Gasteiger partial charge on any atom is 0.265 e. The summed E-state index contributed by atoms with van der Waals surface area (Å²) < 4.78 is 54.0. The molecule has 3 aliphatic rings. The lowest BCUT2D eigenvalue weighted by atomic mass is 9.84. The lowest BCUT2D eigenvalue weighted by molar-refractivity contribution is -0.144. The third kappa shape index (κ3) is 7.17. The number of para-hydroxylation sites is 2. The number of ether oxygens (including phenoxy) is 4. The summed E-state index contributed by atoms with van der Waals surface area (Å²) in [5.41, 5.74) is 2.21. The maximum atomic E-state index is 14.4. The van der Waals surface area contributed by atoms with Gasteiger partial charge in [0.25, 0.3) is 10.0 Å². The van der Waals surface area contributed by atoms with Gasteiger partial charge in [0.2, 0.25) is 5.91 Å². The number of anilines is 1. The zero-order valence-electron chi connectivity index (χ0n) is 28.1. The van der Waals surface area contributed by atoms with E-state index in [2.05, 4.69) is 9.88 Å². The molecule has 0 aliphatic carbocycles. The molecule has 11 nitrogen and oxygen atoms in total. The van der Waals surface area contributed by atoms with E-state index in [1.807, 2.05) is 23.1 Å². The summed E-state index contributed by atoms with van der Waals surface area (Å²) in [5.74, 6) is 0.934. The van der Waals surface area contributed by atoms with Crippen LogP contribution in [0.3, 0.4) is 0 Å². The standard InChI is InChI=1S/C36H46N4O7S/c1-27-22-31(44-3)23-28(2)35(27)48(42,43)40-30(25-46-33-9-5-4-8-32(33)40)24-45-26-34(41)39-18-12-36(13-19-39,29-10-14-37-15-11-29)47-21-20-38-16-6-7-17-38/h4-5,8-11,14-15,22-23,30H,6-7,12-13,16-21,24-26H2,1-3H3. The van der Waals surface area contributed by atoms with Crippen LogP contribution in [0.1, 0.15) is 42.4 Å². The van der Waals surface area contributed by atoms with E-state index in [9.17, 15) is 13.2 Å². The largest absolute Gasteiger partial charge is 0.497 e. The molecule has 0 N–H and O–H groups in total. The molecule has 1 amide bonds. The third-order valence-corrected chi connectivity index (χ3v) is 11.9. The van der Waals surface area contributed by atoms with Crippen LogP contribution in [0, 0.1) is 13.8 Å². The Morgan fingerprint density at radius 2 is 1.69 bits per heavy atom. The van der Waals surface area contributed by atoms with E-state index in [1.165, 1.54) is 17.1 Å². The van der Waals surface area contributed by atoms with E-state index in [-0.39, 0.29) is 30.6 Å². The van der Waals surface area contributed by atoms with Crippen molar-refractivity contribution < 1.29 is 32.2 Å². The zero-order chi connectivity index (χ0) is 33.7. The number of nitrogens with zero attached hydrogens (tertiary/aromatic N) is 4. The summed E-state index contributed by atoms with van der Waals surface area (Å²) >= 11 is 0. The van der Waals surface area contributed by atoms with Crippen LogP contribution in [0.5, 0.6) is 11.5 Å². The summed E-state index contributed by atoms with van der Waals surface area (Å²) in [5, 5.41) is 0. The van der Waals surface area contributed by atoms with Gasteiger partial charge in [-0.05, 0) is 106 Å². The van der Waals surface area contributed by atoms with Gasteiger partial charge in [0.15, 0.2) is 0 Å². The zero-order valence-corrected chi connectivity index (χ0v) is 28.9. The highest BCUT2D eigenvalue weighted by Gasteiger charge is 2.41. The minimum Gasteiger partial charge on any atom is -0.497 e. The van der Waals surface area contributed by atoms with Crippen molar-refractivity contribution in [1.29, 1.82) is 0 Å². The van der Waals surface area contributed by atoms with Gasteiger partial charge in [-0.25, -0.2) is 8.42 Å². The van der Waals surface area contributed by atoms with Crippen LogP contribution in [-0.2, 0) is 29.9 Å². The molecule has 0 bridgehead atoms. The number of pyridine rings is 1. The number of likely N-dealkylation sites (tertiary alicyclic amines) is 2. The smallest absolute Gasteiger partial charge is 0.265 e. The van der Waals surface area contributed by atoms with Crippen molar-refractivity contribution in [1.82, 2.24) is 14.8 Å². The molecule has 12 heteroatoms. The first kappa shape index (κ1) is 34.2. The fourth-order valence-electron chi connectivity index (χ4n) is 7.23. The van der Waals surface area contributed by atoms with E-state index in [4.69, 9.17) is 18.9 Å². The summed E-state index contributed by atoms with van der Waals surface area (Å²) in [6.45, 7) is 8.30. The SMILES string of the molecule is COc1cc(C)c(S(=O)(=O)N2c3ccccc3OCC2COCC(=O)N2CCC(OCCN3CCCC3)(c3ccncc3)CC2)c(C)c1. The number of sulfonamides is 1. The lowest BCUT2D eigenvalue weighted by Crippen LogP contribution is -2.50. The van der Waals surface area contributed by atoms with E-state index in [1.54, 1.807) is 63.7 Å². The van der Waals surface area contributed by atoms with E-state index >= 15 is 0 Å². The number of amides is 1. The number of methoxy groups -OCH3 is 1. The monoisotopic (exact) mass is 678 g/mol. The van der Waals surface area contributed by atoms with Gasteiger partial charge < -0.3 is 28.7 Å². The second-order valence-electron chi connectivity index (χ2n) is 12.8. The van der Waals surface area contributed by atoms with Gasteiger partial charge in [-0.15, -0.1) is 0 Å². The quantitative estimate of drug-likeness (QED) is 0.277. The van der Waals surface area contributed by atoms with E-state index in [0.717, 1.165) is 25.2 Å². The number of aryl methyl sites for hydroxylation is 2. The lowest BCUT2D eigenvalue weighted by Gasteiger charge is -2.42. The predicted octanol–water partition coefficient (Wildman–Crippen LogP) is 4.31. The Morgan fingerprint density at radius 1 is 1.00 bits per heavy atom. The summed E-state index contributed by atoms with van der Waals surface area (Å²) in [7, 11) is -2.48. The molecular formula is C36H46N4O7S. The van der Waals surface area contributed by atoms with Gasteiger partial charge in [0.1, 0.15) is 30.8 Å². The average molecular weight is 679 g/mol. The molecule has 1 atom stereocenters. The van der Waals surface area contributed by atoms with Crippen molar-refractivity contribution in [3.8, 4) is 11.5 Å². The molecule has 3 aliphatic heterocycles. The number of carbonyl (C=O) groups excluding carboxylic acids is 1. The first-order valence-corrected chi connectivity index (χ1v) is 18.2. The first-order chi connectivity index (χ1) is 23.2. The Kier molecular flexibility index (Phi) is 10.5. The van der Waals surface area contributed by atoms with Crippen molar-refractivity contribution in [2.45, 2.75) is 56.1 Å². The molecule has 2 saturated heterocycles. The second-order valence-corrected chi connectivity index (χ2v) is 14.6. The van der Waals surface area contributed by atoms with E-state index < -0.39 is 21.7 Å². The molecule has 4 heterocycles. The van der Waals surface area contributed by atoms with Crippen LogP contribution in [0.25, 0.3) is 0 Å². The van der Waals surface area contributed by atoms with Crippen LogP contribution >= 0.6 is 0 Å². The Bertz CT molecular complexity index is 1650. The molecule has 0 radical (unpaired) electrons. The minimum absolute atomic E-state index is 0.0119. The number of piperidine rings is 1. The van der Waals surface area contributed by atoms with Crippen molar-refractivity contribution >= 4 is 21.6 Å². The van der Waals surface area contributed by atoms with Gasteiger partial charge in [-0.2, -0.15) is 0 Å². The van der Waals surface area contributed by atoms with Crippen LogP contribution < -0.4 is 13.8 Å². The predicted molar refractivity (Wildman–Crippen MR) is 182 cm³/mol. The number of rotatable bonds is 12. The molecule has 258 valence electrons. The molecule has 2 aromatic carbocycles. The number of hydrogen-bond donors (Lipinski definition) is 0. The molecule has 6 rings (SSSR count). The molecule has 2 fully saturated rings. The number of aromatic nitrogens is 1. The Labute approximate surface area is 283 Å². The second kappa shape index (κ2) is 14.8. The Balaban J connectivity index is 1.11. The van der Waals surface area contributed by atoms with Crippen LogP contribution in [0.4, 0.5) is 5.69 Å². The summed E-state index contributed by atoms with van der Waals surface area (Å²) in [4.78, 5) is 22.1. The topological polar surface area (TPSA) is 111 Å². The molecule has 48 heavy (non-hydrogen) atoms. The highest BCUT2D eigenvalue weighted by molar-refractivity contribution is 7.93. The van der Waals surface area contributed by atoms with Crippen molar-refractivity contribution in [3.63, 3.8) is 0 Å². The van der Waals surface area contributed by atoms with Crippen molar-refractivity contribution in [3.05, 3.63) is 77.6 Å². The number of hydrogen-bond acceptors (Lipinski definition) is 9. The normalized spacial score (nSPS) is 19.5. The fourth-order valence-corrected chi connectivity index (χ4v) is 9.28. The molecule has 1 unspecified atom stereocenters. The van der Waals surface area contributed by atoms with Crippen molar-refractivity contribution in [2.75, 3.05) is 70.6 Å². The van der Waals surface area contributed by atoms with Crippen LogP contribution in [-0.4, -0.2) is 101 Å². The molecule has 1 aromatic heterocycles. The number of carbonyl (C=O) groups is 1. The summed E-state index contributed by atoms with van der Waals surface area (Å²) in [6.07, 6.45) is 7.41. The maximum absolute atomic E-state index is 14.4. The van der Waals surface area contributed by atoms with Crippen LogP contribution in [0.15, 0.2) is 65.8 Å². The van der Waals surface area contributed by atoms with Crippen molar-refractivity contribution in [2.24, 2.45) is 0 Å². The average Bonchev–Trinajstić information content (AvgIpc) is 3.62. The number of fused-ring (bicyclic) bond motifs is 1. The minimum atomic E-state index is -4.03. The third-order valence-electron chi connectivity index (χ3n) is 9.70. The summed E-state index contributed by atoms with van der Waals surface area (Å²) in [6, 6.07) is 13.9. The molecule has 3 aromatic rings. The van der Waals surface area contributed by atoms with Gasteiger partial charge in [-0.1, -0.05) is 12.1 Å². The Morgan fingerprint density at radius 3 is 2.38 bits per heavy atom. The molecular weight excluding hydrogens is 632 g/mol. The number of benzene rings is 2. The van der Waals surface area contributed by atoms with Gasteiger partial charge in [-0.3, -0.25) is 14.1 Å². The molecule has 0 spiro atoms. The molecule has 0 saturated carbocycles. The van der Waals surface area contributed by atoms with Crippen LogP contribution in [0.2, 0.25) is 0 Å². The van der Waals surface area contributed by atoms with Gasteiger partial charge >= 0.3 is 0 Å². The highest BCUT2D eigenvalue weighted by Crippen LogP contribution is 2.40.